The molecule has 84 valence electrons. The monoisotopic (exact) mass is 355 g/mol. The molecule has 4 heteroatoms. The molecular weight excluding hydrogens is 349 g/mol. The molecule has 0 spiro atoms. The second kappa shape index (κ2) is 5.39. The van der Waals surface area contributed by atoms with Crippen LogP contribution >= 0.6 is 34.2 Å². The summed E-state index contributed by atoms with van der Waals surface area (Å²) in [6, 6.07) is 14.6. The fraction of sp³-hybridized carbons (Fsp3) is 0. The Morgan fingerprint density at radius 3 is 2.71 bits per heavy atom. The summed E-state index contributed by atoms with van der Waals surface area (Å²) in [5.41, 5.74) is 0.466. The summed E-state index contributed by atoms with van der Waals surface area (Å²) in [5.74, 6) is 1.16. The van der Waals surface area contributed by atoms with Crippen LogP contribution in [0.15, 0.2) is 42.5 Å². The summed E-state index contributed by atoms with van der Waals surface area (Å²) in [7, 11) is 0. The van der Waals surface area contributed by atoms with Gasteiger partial charge in [-0.2, -0.15) is 5.26 Å². The van der Waals surface area contributed by atoms with Crippen LogP contribution in [0.3, 0.4) is 0 Å². The summed E-state index contributed by atoms with van der Waals surface area (Å²) >= 11 is 8.08. The molecule has 0 saturated carbocycles. The molecule has 0 atom stereocenters. The van der Waals surface area contributed by atoms with Crippen molar-refractivity contribution in [3.63, 3.8) is 0 Å². The van der Waals surface area contributed by atoms with E-state index >= 15 is 0 Å². The van der Waals surface area contributed by atoms with E-state index in [9.17, 15) is 0 Å². The highest BCUT2D eigenvalue weighted by molar-refractivity contribution is 14.1. The molecule has 0 aromatic heterocycles. The molecule has 0 amide bonds. The molecule has 0 saturated heterocycles. The molecule has 17 heavy (non-hydrogen) atoms. The smallest absolute Gasteiger partial charge is 0.146 e. The van der Waals surface area contributed by atoms with Crippen molar-refractivity contribution < 1.29 is 4.74 Å². The Labute approximate surface area is 118 Å². The molecule has 0 aliphatic heterocycles. The summed E-state index contributed by atoms with van der Waals surface area (Å²) < 4.78 is 6.72. The standard InChI is InChI=1S/C13H7ClINO/c14-10-5-4-9(8-16)13(6-10)17-12-3-1-2-11(15)7-12/h1-7H. The predicted octanol–water partition coefficient (Wildman–Crippen LogP) is 4.61. The van der Waals surface area contributed by atoms with Gasteiger partial charge in [0.15, 0.2) is 0 Å². The highest BCUT2D eigenvalue weighted by atomic mass is 127. The van der Waals surface area contributed by atoms with Crippen molar-refractivity contribution in [2.24, 2.45) is 0 Å². The predicted molar refractivity (Wildman–Crippen MR) is 75.4 cm³/mol. The molecule has 0 unspecified atom stereocenters. The molecule has 0 heterocycles. The molecule has 0 fully saturated rings. The Balaban J connectivity index is 2.36. The van der Waals surface area contributed by atoms with Gasteiger partial charge in [0.25, 0.3) is 0 Å². The van der Waals surface area contributed by atoms with Gasteiger partial charge in [0.2, 0.25) is 0 Å². The van der Waals surface area contributed by atoms with E-state index in [-0.39, 0.29) is 0 Å². The third-order valence-corrected chi connectivity index (χ3v) is 2.99. The number of halogens is 2. The lowest BCUT2D eigenvalue weighted by Crippen LogP contribution is -1.88. The van der Waals surface area contributed by atoms with Crippen LogP contribution in [-0.2, 0) is 0 Å². The Hall–Kier alpha value is -1.25. The van der Waals surface area contributed by atoms with Gasteiger partial charge in [0.05, 0.1) is 5.56 Å². The maximum atomic E-state index is 8.97. The lowest BCUT2D eigenvalue weighted by atomic mass is 10.2. The average Bonchev–Trinajstić information content (AvgIpc) is 2.29. The van der Waals surface area contributed by atoms with E-state index in [1.165, 1.54) is 0 Å². The Bertz CT molecular complexity index is 592. The third-order valence-electron chi connectivity index (χ3n) is 2.09. The maximum absolute atomic E-state index is 8.97. The number of ether oxygens (including phenoxy) is 1. The number of benzene rings is 2. The van der Waals surface area contributed by atoms with Gasteiger partial charge >= 0.3 is 0 Å². The highest BCUT2D eigenvalue weighted by Crippen LogP contribution is 2.28. The fourth-order valence-electron chi connectivity index (χ4n) is 1.33. The highest BCUT2D eigenvalue weighted by Gasteiger charge is 2.05. The SMILES string of the molecule is N#Cc1ccc(Cl)cc1Oc1cccc(I)c1. The van der Waals surface area contributed by atoms with E-state index in [2.05, 4.69) is 28.7 Å². The summed E-state index contributed by atoms with van der Waals surface area (Å²) in [4.78, 5) is 0. The van der Waals surface area contributed by atoms with Crippen LogP contribution in [0.5, 0.6) is 11.5 Å². The van der Waals surface area contributed by atoms with Crippen molar-refractivity contribution in [2.45, 2.75) is 0 Å². The zero-order valence-electron chi connectivity index (χ0n) is 8.65. The molecule has 0 radical (unpaired) electrons. The zero-order valence-corrected chi connectivity index (χ0v) is 11.6. The minimum Gasteiger partial charge on any atom is -0.456 e. The van der Waals surface area contributed by atoms with E-state index in [1.54, 1.807) is 18.2 Å². The lowest BCUT2D eigenvalue weighted by Gasteiger charge is -2.07. The van der Waals surface area contributed by atoms with Crippen LogP contribution in [-0.4, -0.2) is 0 Å². The van der Waals surface area contributed by atoms with Crippen LogP contribution in [0, 0.1) is 14.9 Å². The molecule has 0 aliphatic rings. The molecule has 2 aromatic rings. The number of nitrogens with zero attached hydrogens (tertiary/aromatic N) is 1. The number of hydrogen-bond acceptors (Lipinski definition) is 2. The van der Waals surface area contributed by atoms with Crippen molar-refractivity contribution in [3.05, 3.63) is 56.6 Å². The normalized spacial score (nSPS) is 9.71. The Morgan fingerprint density at radius 2 is 2.00 bits per heavy atom. The second-order valence-corrected chi connectivity index (χ2v) is 4.99. The van der Waals surface area contributed by atoms with Crippen LogP contribution < -0.4 is 4.74 Å². The fourth-order valence-corrected chi connectivity index (χ4v) is 2.01. The van der Waals surface area contributed by atoms with Gasteiger partial charge in [-0.05, 0) is 52.9 Å². The van der Waals surface area contributed by atoms with Gasteiger partial charge in [-0.1, -0.05) is 17.7 Å². The van der Waals surface area contributed by atoms with Crippen molar-refractivity contribution in [3.8, 4) is 17.6 Å². The van der Waals surface area contributed by atoms with Crippen molar-refractivity contribution in [1.82, 2.24) is 0 Å². The maximum Gasteiger partial charge on any atom is 0.146 e. The van der Waals surface area contributed by atoms with E-state index in [0.29, 0.717) is 22.1 Å². The second-order valence-electron chi connectivity index (χ2n) is 3.31. The first-order chi connectivity index (χ1) is 8.19. The first kappa shape index (κ1) is 12.2. The van der Waals surface area contributed by atoms with Crippen LogP contribution in [0.1, 0.15) is 5.56 Å². The first-order valence-corrected chi connectivity index (χ1v) is 6.28. The lowest BCUT2D eigenvalue weighted by molar-refractivity contribution is 0.481. The molecule has 0 aliphatic carbocycles. The van der Waals surface area contributed by atoms with Gasteiger partial charge in [0.1, 0.15) is 17.6 Å². The van der Waals surface area contributed by atoms with Gasteiger partial charge in [-0.25, -0.2) is 0 Å². The Morgan fingerprint density at radius 1 is 1.18 bits per heavy atom. The van der Waals surface area contributed by atoms with Gasteiger partial charge < -0.3 is 4.74 Å². The van der Waals surface area contributed by atoms with Gasteiger partial charge in [-0.15, -0.1) is 0 Å². The van der Waals surface area contributed by atoms with E-state index in [1.807, 2.05) is 24.3 Å². The number of hydrogen-bond donors (Lipinski definition) is 0. The number of rotatable bonds is 2. The zero-order chi connectivity index (χ0) is 12.3. The minimum atomic E-state index is 0.466. The minimum absolute atomic E-state index is 0.466. The van der Waals surface area contributed by atoms with Crippen molar-refractivity contribution in [1.29, 1.82) is 5.26 Å². The van der Waals surface area contributed by atoms with E-state index < -0.39 is 0 Å². The molecule has 0 bridgehead atoms. The Kier molecular flexibility index (Phi) is 3.87. The first-order valence-electron chi connectivity index (χ1n) is 4.82. The third kappa shape index (κ3) is 3.11. The van der Waals surface area contributed by atoms with Crippen molar-refractivity contribution >= 4 is 34.2 Å². The topological polar surface area (TPSA) is 33.0 Å². The van der Waals surface area contributed by atoms with Crippen LogP contribution in [0.2, 0.25) is 5.02 Å². The summed E-state index contributed by atoms with van der Waals surface area (Å²) in [6.45, 7) is 0. The molecular formula is C13H7ClINO. The molecule has 2 aromatic carbocycles. The largest absolute Gasteiger partial charge is 0.456 e. The molecule has 0 N–H and O–H groups in total. The van der Waals surface area contributed by atoms with Gasteiger partial charge in [-0.3, -0.25) is 0 Å². The van der Waals surface area contributed by atoms with Crippen LogP contribution in [0.25, 0.3) is 0 Å². The molecule has 2 rings (SSSR count). The summed E-state index contributed by atoms with van der Waals surface area (Å²) in [5, 5.41) is 9.51. The average molecular weight is 356 g/mol. The van der Waals surface area contributed by atoms with E-state index in [0.717, 1.165) is 3.57 Å². The van der Waals surface area contributed by atoms with Crippen molar-refractivity contribution in [2.75, 3.05) is 0 Å². The molecule has 2 nitrogen and oxygen atoms in total. The van der Waals surface area contributed by atoms with E-state index in [4.69, 9.17) is 21.6 Å². The van der Waals surface area contributed by atoms with Gasteiger partial charge in [0, 0.05) is 14.7 Å². The summed E-state index contributed by atoms with van der Waals surface area (Å²) in [6.07, 6.45) is 0. The quantitative estimate of drug-likeness (QED) is 0.737. The van der Waals surface area contributed by atoms with Crippen LogP contribution in [0.4, 0.5) is 0 Å². The number of nitriles is 1.